The third-order valence-corrected chi connectivity index (χ3v) is 3.74. The van der Waals surface area contributed by atoms with Gasteiger partial charge in [0, 0.05) is 23.2 Å². The summed E-state index contributed by atoms with van der Waals surface area (Å²) in [5, 5.41) is 11.0. The van der Waals surface area contributed by atoms with Gasteiger partial charge in [-0.25, -0.2) is 0 Å². The molecule has 3 rings (SSSR count). The van der Waals surface area contributed by atoms with E-state index in [9.17, 15) is 5.11 Å². The third-order valence-electron chi connectivity index (χ3n) is 3.74. The van der Waals surface area contributed by atoms with Gasteiger partial charge in [-0.05, 0) is 30.3 Å². The fraction of sp³-hybridized carbons (Fsp3) is 0.167. The molecule has 3 aromatic rings. The van der Waals surface area contributed by atoms with E-state index in [1.54, 1.807) is 45.7 Å². The maximum atomic E-state index is 10.1. The van der Waals surface area contributed by atoms with Crippen LogP contribution in [0.4, 0.5) is 5.69 Å². The van der Waals surface area contributed by atoms with Crippen LogP contribution in [0, 0.1) is 0 Å². The fourth-order valence-electron chi connectivity index (χ4n) is 2.46. The van der Waals surface area contributed by atoms with E-state index in [0.717, 1.165) is 10.9 Å². The van der Waals surface area contributed by atoms with Gasteiger partial charge >= 0.3 is 0 Å². The molecule has 0 aliphatic carbocycles. The van der Waals surface area contributed by atoms with Crippen molar-refractivity contribution in [2.75, 3.05) is 21.3 Å². The molecular formula is C18H18N2O4. The lowest BCUT2D eigenvalue weighted by atomic mass is 10.1. The maximum absolute atomic E-state index is 10.1. The number of benzene rings is 2. The molecule has 24 heavy (non-hydrogen) atoms. The second kappa shape index (κ2) is 6.54. The van der Waals surface area contributed by atoms with E-state index in [1.807, 2.05) is 18.2 Å². The molecule has 0 aliphatic heterocycles. The number of rotatable bonds is 5. The lowest BCUT2D eigenvalue weighted by molar-refractivity contribution is 0.395. The van der Waals surface area contributed by atoms with Crippen molar-refractivity contribution in [1.82, 2.24) is 4.98 Å². The van der Waals surface area contributed by atoms with Gasteiger partial charge in [-0.2, -0.15) is 0 Å². The molecule has 0 aliphatic rings. The minimum atomic E-state index is 0.0504. The van der Waals surface area contributed by atoms with E-state index in [-0.39, 0.29) is 5.88 Å². The maximum Gasteiger partial charge on any atom is 0.198 e. The standard InChI is InChI=1S/C18H18N2O4/c1-22-11-4-6-15-13(8-11)14(18(21)20-15)10-19-16-7-5-12(23-2)9-17(16)24-3/h4-10,20-21H,1-3H3. The number of aromatic hydroxyl groups is 1. The number of H-pyrrole nitrogens is 1. The van der Waals surface area contributed by atoms with Gasteiger partial charge in [0.1, 0.15) is 22.9 Å². The number of hydrogen-bond donors (Lipinski definition) is 2. The van der Waals surface area contributed by atoms with Crippen LogP contribution in [0.5, 0.6) is 23.1 Å². The van der Waals surface area contributed by atoms with Crippen molar-refractivity contribution < 1.29 is 19.3 Å². The Balaban J connectivity index is 2.03. The molecule has 1 heterocycles. The van der Waals surface area contributed by atoms with Crippen molar-refractivity contribution in [3.8, 4) is 23.1 Å². The van der Waals surface area contributed by atoms with Gasteiger partial charge < -0.3 is 24.3 Å². The summed E-state index contributed by atoms with van der Waals surface area (Å²) in [4.78, 5) is 7.35. The van der Waals surface area contributed by atoms with E-state index in [2.05, 4.69) is 9.98 Å². The van der Waals surface area contributed by atoms with Crippen LogP contribution in [-0.2, 0) is 0 Å². The summed E-state index contributed by atoms with van der Waals surface area (Å²) >= 11 is 0. The molecule has 0 radical (unpaired) electrons. The van der Waals surface area contributed by atoms with Crippen molar-refractivity contribution >= 4 is 22.8 Å². The number of aromatic amines is 1. The summed E-state index contributed by atoms with van der Waals surface area (Å²) in [6.07, 6.45) is 1.60. The first-order chi connectivity index (χ1) is 11.7. The van der Waals surface area contributed by atoms with Crippen LogP contribution in [0.25, 0.3) is 10.9 Å². The summed E-state index contributed by atoms with van der Waals surface area (Å²) < 4.78 is 15.7. The minimum absolute atomic E-state index is 0.0504. The quantitative estimate of drug-likeness (QED) is 0.702. The van der Waals surface area contributed by atoms with Crippen LogP contribution in [0.1, 0.15) is 5.56 Å². The van der Waals surface area contributed by atoms with Crippen LogP contribution in [0.15, 0.2) is 41.4 Å². The lowest BCUT2D eigenvalue weighted by Gasteiger charge is -2.06. The molecule has 0 bridgehead atoms. The van der Waals surface area contributed by atoms with Crippen molar-refractivity contribution in [2.24, 2.45) is 4.99 Å². The number of nitrogens with one attached hydrogen (secondary N) is 1. The Bertz CT molecular complexity index is 899. The minimum Gasteiger partial charge on any atom is -0.497 e. The van der Waals surface area contributed by atoms with Crippen LogP contribution in [0.2, 0.25) is 0 Å². The molecule has 0 saturated heterocycles. The summed E-state index contributed by atoms with van der Waals surface area (Å²) in [6.45, 7) is 0. The van der Waals surface area contributed by atoms with Gasteiger partial charge in [0.25, 0.3) is 0 Å². The highest BCUT2D eigenvalue weighted by atomic mass is 16.5. The smallest absolute Gasteiger partial charge is 0.198 e. The van der Waals surface area contributed by atoms with Crippen molar-refractivity contribution in [3.63, 3.8) is 0 Å². The molecule has 0 atom stereocenters. The van der Waals surface area contributed by atoms with E-state index < -0.39 is 0 Å². The predicted octanol–water partition coefficient (Wildman–Crippen LogP) is 3.65. The molecule has 6 nitrogen and oxygen atoms in total. The van der Waals surface area contributed by atoms with Gasteiger partial charge in [0.05, 0.1) is 26.9 Å². The van der Waals surface area contributed by atoms with E-state index in [4.69, 9.17) is 14.2 Å². The van der Waals surface area contributed by atoms with Crippen molar-refractivity contribution in [3.05, 3.63) is 42.0 Å². The second-order valence-corrected chi connectivity index (χ2v) is 5.09. The largest absolute Gasteiger partial charge is 0.497 e. The number of aliphatic imine (C=N–C) groups is 1. The highest BCUT2D eigenvalue weighted by molar-refractivity contribution is 6.03. The van der Waals surface area contributed by atoms with Gasteiger partial charge in [-0.3, -0.25) is 4.99 Å². The topological polar surface area (TPSA) is 76.1 Å². The Morgan fingerprint density at radius 1 is 0.958 bits per heavy atom. The monoisotopic (exact) mass is 326 g/mol. The first-order valence-electron chi connectivity index (χ1n) is 7.31. The molecule has 1 aromatic heterocycles. The van der Waals surface area contributed by atoms with Crippen LogP contribution < -0.4 is 14.2 Å². The molecule has 6 heteroatoms. The Hall–Kier alpha value is -3.15. The predicted molar refractivity (Wildman–Crippen MR) is 93.3 cm³/mol. The van der Waals surface area contributed by atoms with Gasteiger partial charge in [0.2, 0.25) is 0 Å². The third kappa shape index (κ3) is 2.86. The molecule has 0 unspecified atom stereocenters. The second-order valence-electron chi connectivity index (χ2n) is 5.09. The Labute approximate surface area is 139 Å². The normalized spacial score (nSPS) is 11.1. The number of aromatic nitrogens is 1. The Kier molecular flexibility index (Phi) is 4.29. The van der Waals surface area contributed by atoms with Crippen LogP contribution >= 0.6 is 0 Å². The fourth-order valence-corrected chi connectivity index (χ4v) is 2.46. The summed E-state index contributed by atoms with van der Waals surface area (Å²) in [7, 11) is 4.76. The SMILES string of the molecule is COc1ccc(N=Cc2c(O)[nH]c3ccc(OC)cc23)c(OC)c1. The molecule has 0 spiro atoms. The zero-order valence-corrected chi connectivity index (χ0v) is 13.7. The number of nitrogens with zero attached hydrogens (tertiary/aromatic N) is 1. The summed E-state index contributed by atoms with van der Waals surface area (Å²) in [5.74, 6) is 2.03. The molecular weight excluding hydrogens is 308 g/mol. The molecule has 0 saturated carbocycles. The highest BCUT2D eigenvalue weighted by Gasteiger charge is 2.10. The average molecular weight is 326 g/mol. The van der Waals surface area contributed by atoms with Crippen LogP contribution in [-0.4, -0.2) is 37.6 Å². The number of hydrogen-bond acceptors (Lipinski definition) is 5. The molecule has 2 N–H and O–H groups in total. The lowest BCUT2D eigenvalue weighted by Crippen LogP contribution is -1.88. The molecule has 2 aromatic carbocycles. The van der Waals surface area contributed by atoms with E-state index in [0.29, 0.717) is 28.5 Å². The van der Waals surface area contributed by atoms with E-state index >= 15 is 0 Å². The molecule has 0 fully saturated rings. The van der Waals surface area contributed by atoms with Gasteiger partial charge in [-0.15, -0.1) is 0 Å². The summed E-state index contributed by atoms with van der Waals surface area (Å²) in [5.41, 5.74) is 2.02. The summed E-state index contributed by atoms with van der Waals surface area (Å²) in [6, 6.07) is 10.9. The molecule has 124 valence electrons. The zero-order valence-electron chi connectivity index (χ0n) is 13.7. The zero-order chi connectivity index (χ0) is 17.1. The first kappa shape index (κ1) is 15.7. The number of ether oxygens (including phenoxy) is 3. The Morgan fingerprint density at radius 3 is 2.38 bits per heavy atom. The first-order valence-corrected chi connectivity index (χ1v) is 7.31. The average Bonchev–Trinajstić information content (AvgIpc) is 2.93. The van der Waals surface area contributed by atoms with Crippen molar-refractivity contribution in [1.29, 1.82) is 0 Å². The molecule has 0 amide bonds. The highest BCUT2D eigenvalue weighted by Crippen LogP contribution is 2.33. The number of methoxy groups -OCH3 is 3. The Morgan fingerprint density at radius 2 is 1.67 bits per heavy atom. The van der Waals surface area contributed by atoms with Crippen molar-refractivity contribution in [2.45, 2.75) is 0 Å². The van der Waals surface area contributed by atoms with E-state index in [1.165, 1.54) is 0 Å². The van der Waals surface area contributed by atoms with Crippen LogP contribution in [0.3, 0.4) is 0 Å². The number of fused-ring (bicyclic) bond motifs is 1. The van der Waals surface area contributed by atoms with Gasteiger partial charge in [-0.1, -0.05) is 0 Å². The van der Waals surface area contributed by atoms with Gasteiger partial charge in [0.15, 0.2) is 5.88 Å².